The Labute approximate surface area is 170 Å². The van der Waals surface area contributed by atoms with Gasteiger partial charge in [0.15, 0.2) is 11.5 Å². The average molecular weight is 394 g/mol. The first-order chi connectivity index (χ1) is 14.2. The predicted molar refractivity (Wildman–Crippen MR) is 107 cm³/mol. The van der Waals surface area contributed by atoms with Gasteiger partial charge < -0.3 is 19.1 Å². The van der Waals surface area contributed by atoms with Crippen LogP contribution in [0.2, 0.25) is 0 Å². The number of hydrogen-bond acceptors (Lipinski definition) is 5. The summed E-state index contributed by atoms with van der Waals surface area (Å²) in [6.45, 7) is 2.80. The summed E-state index contributed by atoms with van der Waals surface area (Å²) in [5.41, 5.74) is 3.85. The Balaban J connectivity index is 1.52. The SMILES string of the molecule is COc1cc2c(cc1OC)[C@@]13CCN4CC5=CCO[C@H]6CC(=O)N2[C@@H]1[C@H]6[C@H]5C[C@@H]43. The number of fused-ring (bicyclic) bond motifs is 2. The minimum atomic E-state index is -0.0242. The fourth-order valence-electron chi connectivity index (χ4n) is 7.87. The van der Waals surface area contributed by atoms with Crippen LogP contribution in [0.5, 0.6) is 11.5 Å². The molecular weight excluding hydrogens is 368 g/mol. The number of hydrogen-bond donors (Lipinski definition) is 0. The molecule has 0 unspecified atom stereocenters. The van der Waals surface area contributed by atoms with Gasteiger partial charge in [0, 0.05) is 30.0 Å². The fourth-order valence-corrected chi connectivity index (χ4v) is 7.87. The number of nitrogens with zero attached hydrogens (tertiary/aromatic N) is 2. The lowest BCUT2D eigenvalue weighted by Gasteiger charge is -2.58. The van der Waals surface area contributed by atoms with Crippen molar-refractivity contribution in [3.63, 3.8) is 0 Å². The lowest BCUT2D eigenvalue weighted by atomic mass is 9.53. The number of ether oxygens (including phenoxy) is 3. The van der Waals surface area contributed by atoms with Gasteiger partial charge in [0.25, 0.3) is 0 Å². The predicted octanol–water partition coefficient (Wildman–Crippen LogP) is 2.11. The Hall–Kier alpha value is -2.05. The van der Waals surface area contributed by atoms with E-state index >= 15 is 0 Å². The molecule has 6 heteroatoms. The van der Waals surface area contributed by atoms with E-state index in [2.05, 4.69) is 21.9 Å². The van der Waals surface area contributed by atoms with Gasteiger partial charge in [-0.2, -0.15) is 0 Å². The number of anilines is 1. The summed E-state index contributed by atoms with van der Waals surface area (Å²) >= 11 is 0. The monoisotopic (exact) mass is 394 g/mol. The van der Waals surface area contributed by atoms with Crippen molar-refractivity contribution in [1.82, 2.24) is 4.90 Å². The van der Waals surface area contributed by atoms with Crippen molar-refractivity contribution in [3.8, 4) is 11.5 Å². The lowest BCUT2D eigenvalue weighted by molar-refractivity contribution is -0.132. The number of methoxy groups -OCH3 is 2. The summed E-state index contributed by atoms with van der Waals surface area (Å²) in [5, 5.41) is 0. The molecule has 5 aliphatic heterocycles. The van der Waals surface area contributed by atoms with E-state index in [1.54, 1.807) is 19.8 Å². The molecule has 1 saturated carbocycles. The van der Waals surface area contributed by atoms with Gasteiger partial charge in [-0.15, -0.1) is 0 Å². The molecule has 2 bridgehead atoms. The molecule has 1 spiro atoms. The first-order valence-electron chi connectivity index (χ1n) is 10.8. The van der Waals surface area contributed by atoms with Crippen LogP contribution in [-0.4, -0.2) is 62.9 Å². The molecule has 3 saturated heterocycles. The summed E-state index contributed by atoms with van der Waals surface area (Å²) in [5.74, 6) is 2.57. The van der Waals surface area contributed by atoms with Crippen molar-refractivity contribution in [1.29, 1.82) is 0 Å². The van der Waals surface area contributed by atoms with Gasteiger partial charge in [0.2, 0.25) is 5.91 Å². The molecule has 5 heterocycles. The normalized spacial score (nSPS) is 41.0. The number of piperidine rings is 2. The average Bonchev–Trinajstić information content (AvgIpc) is 3.20. The fraction of sp³-hybridized carbons (Fsp3) is 0.609. The molecule has 7 rings (SSSR count). The smallest absolute Gasteiger partial charge is 0.229 e. The highest BCUT2D eigenvalue weighted by atomic mass is 16.5. The van der Waals surface area contributed by atoms with Crippen LogP contribution in [-0.2, 0) is 14.9 Å². The Morgan fingerprint density at radius 2 is 2.03 bits per heavy atom. The molecule has 6 nitrogen and oxygen atoms in total. The maximum atomic E-state index is 13.5. The molecule has 0 aromatic heterocycles. The van der Waals surface area contributed by atoms with Crippen molar-refractivity contribution in [2.45, 2.75) is 42.9 Å². The zero-order valence-electron chi connectivity index (χ0n) is 16.9. The van der Waals surface area contributed by atoms with Crippen LogP contribution >= 0.6 is 0 Å². The molecule has 6 aliphatic rings. The van der Waals surface area contributed by atoms with E-state index in [0.29, 0.717) is 36.7 Å². The summed E-state index contributed by atoms with van der Waals surface area (Å²) in [6.07, 6.45) is 5.11. The van der Waals surface area contributed by atoms with Gasteiger partial charge in [0.1, 0.15) is 0 Å². The van der Waals surface area contributed by atoms with Gasteiger partial charge >= 0.3 is 0 Å². The first kappa shape index (κ1) is 16.7. The van der Waals surface area contributed by atoms with Crippen LogP contribution in [0.15, 0.2) is 23.8 Å². The zero-order valence-corrected chi connectivity index (χ0v) is 16.9. The number of benzene rings is 1. The maximum absolute atomic E-state index is 13.5. The Kier molecular flexibility index (Phi) is 3.08. The third kappa shape index (κ3) is 1.76. The summed E-state index contributed by atoms with van der Waals surface area (Å²) in [6, 6.07) is 4.87. The molecule has 0 radical (unpaired) electrons. The van der Waals surface area contributed by atoms with Gasteiger partial charge in [-0.1, -0.05) is 11.6 Å². The molecule has 1 aliphatic carbocycles. The second-order valence-corrected chi connectivity index (χ2v) is 9.48. The Morgan fingerprint density at radius 1 is 1.21 bits per heavy atom. The molecule has 6 atom stereocenters. The van der Waals surface area contributed by atoms with Crippen LogP contribution < -0.4 is 14.4 Å². The molecule has 1 aromatic rings. The molecule has 1 amide bonds. The van der Waals surface area contributed by atoms with Crippen LogP contribution in [0.1, 0.15) is 24.8 Å². The van der Waals surface area contributed by atoms with Crippen molar-refractivity contribution < 1.29 is 19.0 Å². The minimum Gasteiger partial charge on any atom is -0.493 e. The van der Waals surface area contributed by atoms with Gasteiger partial charge in [0.05, 0.1) is 45.1 Å². The number of rotatable bonds is 2. The van der Waals surface area contributed by atoms with Gasteiger partial charge in [-0.05, 0) is 36.9 Å². The van der Waals surface area contributed by atoms with Gasteiger partial charge in [-0.25, -0.2) is 0 Å². The molecule has 29 heavy (non-hydrogen) atoms. The zero-order chi connectivity index (χ0) is 19.5. The molecular formula is C23H26N2O4. The first-order valence-corrected chi connectivity index (χ1v) is 10.8. The number of carbonyl (C=O) groups is 1. The van der Waals surface area contributed by atoms with Crippen molar-refractivity contribution >= 4 is 11.6 Å². The van der Waals surface area contributed by atoms with Crippen molar-refractivity contribution in [2.75, 3.05) is 38.8 Å². The van der Waals surface area contributed by atoms with Crippen molar-refractivity contribution in [3.05, 3.63) is 29.3 Å². The topological polar surface area (TPSA) is 51.2 Å². The number of amides is 1. The van der Waals surface area contributed by atoms with Crippen molar-refractivity contribution in [2.24, 2.45) is 11.8 Å². The van der Waals surface area contributed by atoms with E-state index in [-0.39, 0.29) is 23.5 Å². The van der Waals surface area contributed by atoms with Crippen LogP contribution in [0.3, 0.4) is 0 Å². The highest BCUT2D eigenvalue weighted by molar-refractivity contribution is 5.99. The van der Waals surface area contributed by atoms with Crippen LogP contribution in [0, 0.1) is 11.8 Å². The van der Waals surface area contributed by atoms with E-state index in [4.69, 9.17) is 14.2 Å². The van der Waals surface area contributed by atoms with Crippen LogP contribution in [0.4, 0.5) is 5.69 Å². The largest absolute Gasteiger partial charge is 0.493 e. The molecule has 1 aromatic carbocycles. The van der Waals surface area contributed by atoms with Gasteiger partial charge in [-0.3, -0.25) is 9.69 Å². The minimum absolute atomic E-state index is 0.0242. The lowest BCUT2D eigenvalue weighted by Crippen LogP contribution is -2.69. The third-order valence-corrected chi connectivity index (χ3v) is 8.81. The molecule has 152 valence electrons. The third-order valence-electron chi connectivity index (χ3n) is 8.81. The van der Waals surface area contributed by atoms with E-state index in [1.807, 2.05) is 6.07 Å². The highest BCUT2D eigenvalue weighted by Gasteiger charge is 2.71. The molecule has 4 fully saturated rings. The standard InChI is InChI=1S/C23H26N2O4/c1-27-16-8-14-15(9-17(16)28-2)25-20(26)10-18-21-13-7-19-23(14,22(21)25)4-5-24(19)11-12(13)3-6-29-18/h3,8-9,13,18-19,21-22H,4-7,10-11H2,1-2H3/t13-,18-,19+,21-,22+,23+/m0/s1. The highest BCUT2D eigenvalue weighted by Crippen LogP contribution is 2.66. The van der Waals surface area contributed by atoms with E-state index in [1.165, 1.54) is 12.0 Å². The maximum Gasteiger partial charge on any atom is 0.229 e. The van der Waals surface area contributed by atoms with E-state index in [0.717, 1.165) is 30.9 Å². The second kappa shape index (κ2) is 5.35. The van der Waals surface area contributed by atoms with Crippen LogP contribution in [0.25, 0.3) is 0 Å². The van der Waals surface area contributed by atoms with E-state index < -0.39 is 0 Å². The quantitative estimate of drug-likeness (QED) is 0.719. The second-order valence-electron chi connectivity index (χ2n) is 9.48. The summed E-state index contributed by atoms with van der Waals surface area (Å²) in [4.78, 5) is 18.3. The Bertz CT molecular complexity index is 974. The molecule has 0 N–H and O–H groups in total. The van der Waals surface area contributed by atoms with E-state index in [9.17, 15) is 4.79 Å². The number of carbonyl (C=O) groups excluding carboxylic acids is 1. The Morgan fingerprint density at radius 3 is 2.86 bits per heavy atom. The summed E-state index contributed by atoms with van der Waals surface area (Å²) < 4.78 is 17.6. The summed E-state index contributed by atoms with van der Waals surface area (Å²) in [7, 11) is 3.36.